The molecule has 1 aliphatic carbocycles. The van der Waals surface area contributed by atoms with Crippen LogP contribution in [0.25, 0.3) is 0 Å². The number of carbonyl (C=O) groups excluding carboxylic acids is 1. The minimum atomic E-state index is -0.501. The summed E-state index contributed by atoms with van der Waals surface area (Å²) in [5.41, 5.74) is 0.462. The zero-order valence-electron chi connectivity index (χ0n) is 13.0. The number of hydrogen-bond donors (Lipinski definition) is 2. The van der Waals surface area contributed by atoms with Gasteiger partial charge in [0.15, 0.2) is 0 Å². The second-order valence-electron chi connectivity index (χ2n) is 6.96. The van der Waals surface area contributed by atoms with Gasteiger partial charge in [-0.05, 0) is 68.3 Å². The van der Waals surface area contributed by atoms with Crippen LogP contribution >= 0.6 is 11.3 Å². The molecule has 1 amide bonds. The summed E-state index contributed by atoms with van der Waals surface area (Å²) < 4.78 is 5.28. The number of rotatable bonds is 6. The van der Waals surface area contributed by atoms with Crippen molar-refractivity contribution >= 4 is 17.4 Å². The van der Waals surface area contributed by atoms with Crippen LogP contribution in [0.5, 0.6) is 0 Å². The Balaban J connectivity index is 1.98. The van der Waals surface area contributed by atoms with Gasteiger partial charge in [0.2, 0.25) is 0 Å². The molecule has 4 nitrogen and oxygen atoms in total. The third-order valence-corrected chi connectivity index (χ3v) is 4.61. The van der Waals surface area contributed by atoms with Gasteiger partial charge in [0, 0.05) is 12.0 Å². The van der Waals surface area contributed by atoms with E-state index in [4.69, 9.17) is 4.74 Å². The van der Waals surface area contributed by atoms with Gasteiger partial charge in [-0.15, -0.1) is 0 Å². The molecule has 21 heavy (non-hydrogen) atoms. The van der Waals surface area contributed by atoms with Gasteiger partial charge in [0.05, 0.1) is 6.61 Å². The van der Waals surface area contributed by atoms with Crippen LogP contribution in [0.3, 0.4) is 0 Å². The average Bonchev–Trinajstić information content (AvgIpc) is 3.12. The molecule has 1 aromatic rings. The molecule has 1 aromatic heterocycles. The minimum Gasteiger partial charge on any atom is -0.444 e. The molecule has 1 atom stereocenters. The van der Waals surface area contributed by atoms with Crippen molar-refractivity contribution in [1.29, 1.82) is 0 Å². The first kappa shape index (κ1) is 16.3. The summed E-state index contributed by atoms with van der Waals surface area (Å²) in [5.74, 6) is 0.484. The molecule has 2 rings (SSSR count). The van der Waals surface area contributed by atoms with E-state index in [-0.39, 0.29) is 12.0 Å². The van der Waals surface area contributed by atoms with Crippen LogP contribution in [0, 0.1) is 11.3 Å². The molecule has 0 spiro atoms. The molecular formula is C16H25NO3S. The highest BCUT2D eigenvalue weighted by atomic mass is 32.1. The Bertz CT molecular complexity index is 462. The predicted molar refractivity (Wildman–Crippen MR) is 84.5 cm³/mol. The summed E-state index contributed by atoms with van der Waals surface area (Å²) >= 11 is 1.66. The number of aliphatic hydroxyl groups is 1. The van der Waals surface area contributed by atoms with Crippen LogP contribution in [0.15, 0.2) is 16.8 Å². The molecule has 1 aliphatic rings. The van der Waals surface area contributed by atoms with Gasteiger partial charge in [0.25, 0.3) is 0 Å². The van der Waals surface area contributed by atoms with Gasteiger partial charge in [-0.2, -0.15) is 11.3 Å². The van der Waals surface area contributed by atoms with Crippen LogP contribution in [0.1, 0.15) is 39.2 Å². The van der Waals surface area contributed by atoms with Crippen molar-refractivity contribution < 1.29 is 14.6 Å². The predicted octanol–water partition coefficient (Wildman–Crippen LogP) is 3.20. The van der Waals surface area contributed by atoms with Crippen LogP contribution < -0.4 is 5.32 Å². The fraction of sp³-hybridized carbons (Fsp3) is 0.688. The van der Waals surface area contributed by atoms with E-state index in [9.17, 15) is 9.90 Å². The summed E-state index contributed by atoms with van der Waals surface area (Å²) in [6.45, 7) is 6.08. The van der Waals surface area contributed by atoms with Gasteiger partial charge in [-0.25, -0.2) is 4.79 Å². The maximum absolute atomic E-state index is 11.9. The molecule has 1 unspecified atom stereocenters. The van der Waals surface area contributed by atoms with E-state index >= 15 is 0 Å². The summed E-state index contributed by atoms with van der Waals surface area (Å²) in [7, 11) is 0. The molecule has 0 aromatic carbocycles. The number of aliphatic hydroxyl groups excluding tert-OH is 1. The lowest BCUT2D eigenvalue weighted by Gasteiger charge is -2.32. The lowest BCUT2D eigenvalue weighted by molar-refractivity contribution is 0.0439. The van der Waals surface area contributed by atoms with Crippen molar-refractivity contribution in [3.8, 4) is 0 Å². The third-order valence-electron chi connectivity index (χ3n) is 3.88. The second-order valence-corrected chi connectivity index (χ2v) is 7.74. The Morgan fingerprint density at radius 2 is 2.19 bits per heavy atom. The molecule has 0 bridgehead atoms. The van der Waals surface area contributed by atoms with Crippen LogP contribution in [-0.4, -0.2) is 30.0 Å². The van der Waals surface area contributed by atoms with Crippen LogP contribution in [0.2, 0.25) is 0 Å². The lowest BCUT2D eigenvalue weighted by atomic mass is 9.78. The van der Waals surface area contributed by atoms with E-state index in [2.05, 4.69) is 16.8 Å². The smallest absolute Gasteiger partial charge is 0.407 e. The van der Waals surface area contributed by atoms with Crippen LogP contribution in [-0.2, 0) is 11.2 Å². The molecule has 0 saturated heterocycles. The quantitative estimate of drug-likeness (QED) is 0.848. The van der Waals surface area contributed by atoms with Crippen molar-refractivity contribution in [2.75, 3.05) is 13.2 Å². The Morgan fingerprint density at radius 1 is 1.48 bits per heavy atom. The van der Waals surface area contributed by atoms with E-state index in [1.54, 1.807) is 11.3 Å². The van der Waals surface area contributed by atoms with Crippen molar-refractivity contribution in [2.45, 2.75) is 45.6 Å². The molecule has 1 saturated carbocycles. The largest absolute Gasteiger partial charge is 0.444 e. The van der Waals surface area contributed by atoms with Crippen molar-refractivity contribution in [3.63, 3.8) is 0 Å². The van der Waals surface area contributed by atoms with E-state index in [0.29, 0.717) is 12.5 Å². The Morgan fingerprint density at radius 3 is 2.67 bits per heavy atom. The molecule has 1 fully saturated rings. The highest BCUT2D eigenvalue weighted by Crippen LogP contribution is 2.47. The highest BCUT2D eigenvalue weighted by Gasteiger charge is 2.45. The molecule has 118 valence electrons. The summed E-state index contributed by atoms with van der Waals surface area (Å²) in [4.78, 5) is 11.9. The molecule has 0 aliphatic heterocycles. The Kier molecular flexibility index (Phi) is 4.94. The number of thiophene rings is 1. The Labute approximate surface area is 130 Å². The van der Waals surface area contributed by atoms with E-state index in [1.807, 2.05) is 26.2 Å². The fourth-order valence-electron chi connectivity index (χ4n) is 2.65. The SMILES string of the molecule is CC(C)(C)OC(=O)NCC(CO)(Cc1ccsc1)C1CC1. The fourth-order valence-corrected chi connectivity index (χ4v) is 3.32. The average molecular weight is 311 g/mol. The lowest BCUT2D eigenvalue weighted by Crippen LogP contribution is -2.44. The van der Waals surface area contributed by atoms with Gasteiger partial charge >= 0.3 is 6.09 Å². The first-order chi connectivity index (χ1) is 9.85. The van der Waals surface area contributed by atoms with Crippen molar-refractivity contribution in [2.24, 2.45) is 11.3 Å². The minimum absolute atomic E-state index is 0.0866. The third kappa shape index (κ3) is 4.71. The van der Waals surface area contributed by atoms with Gasteiger partial charge in [-0.3, -0.25) is 0 Å². The van der Waals surface area contributed by atoms with E-state index in [0.717, 1.165) is 19.3 Å². The van der Waals surface area contributed by atoms with Crippen molar-refractivity contribution in [1.82, 2.24) is 5.32 Å². The topological polar surface area (TPSA) is 58.6 Å². The summed E-state index contributed by atoms with van der Waals surface area (Å²) in [6, 6.07) is 2.09. The monoisotopic (exact) mass is 311 g/mol. The first-order valence-corrected chi connectivity index (χ1v) is 8.38. The maximum Gasteiger partial charge on any atom is 0.407 e. The number of alkyl carbamates (subject to hydrolysis) is 1. The number of amides is 1. The molecular weight excluding hydrogens is 286 g/mol. The van der Waals surface area contributed by atoms with Crippen LogP contribution in [0.4, 0.5) is 4.79 Å². The van der Waals surface area contributed by atoms with Crippen molar-refractivity contribution in [3.05, 3.63) is 22.4 Å². The highest BCUT2D eigenvalue weighted by molar-refractivity contribution is 7.07. The zero-order chi connectivity index (χ0) is 15.5. The molecule has 5 heteroatoms. The molecule has 2 N–H and O–H groups in total. The first-order valence-electron chi connectivity index (χ1n) is 7.43. The van der Waals surface area contributed by atoms with E-state index < -0.39 is 11.7 Å². The second kappa shape index (κ2) is 6.36. The van der Waals surface area contributed by atoms with E-state index in [1.165, 1.54) is 5.56 Å². The number of ether oxygens (including phenoxy) is 1. The number of carbonyl (C=O) groups is 1. The van der Waals surface area contributed by atoms with Gasteiger partial charge in [0.1, 0.15) is 5.60 Å². The normalized spacial score (nSPS) is 18.1. The standard InChI is InChI=1S/C16H25NO3S/c1-15(2,3)20-14(19)17-10-16(11-18,13-4-5-13)8-12-6-7-21-9-12/h6-7,9,13,18H,4-5,8,10-11H2,1-3H3,(H,17,19). The number of nitrogens with one attached hydrogen (secondary N) is 1. The summed E-state index contributed by atoms with van der Waals surface area (Å²) in [5, 5.41) is 16.9. The molecule has 0 radical (unpaired) electrons. The maximum atomic E-state index is 11.9. The molecule has 1 heterocycles. The van der Waals surface area contributed by atoms with Gasteiger partial charge < -0.3 is 15.2 Å². The zero-order valence-corrected chi connectivity index (χ0v) is 13.8. The Hall–Kier alpha value is -1.07. The summed E-state index contributed by atoms with van der Waals surface area (Å²) in [6.07, 6.45) is 2.64. The van der Waals surface area contributed by atoms with Gasteiger partial charge in [-0.1, -0.05) is 0 Å². The number of hydrogen-bond acceptors (Lipinski definition) is 4.